The van der Waals surface area contributed by atoms with Crippen molar-refractivity contribution in [3.8, 4) is 5.69 Å². The van der Waals surface area contributed by atoms with Crippen LogP contribution in [0.2, 0.25) is 0 Å². The Morgan fingerprint density at radius 3 is 2.95 bits per heavy atom. The summed E-state index contributed by atoms with van der Waals surface area (Å²) in [6.45, 7) is 4.95. The van der Waals surface area contributed by atoms with E-state index in [9.17, 15) is 4.79 Å². The van der Waals surface area contributed by atoms with Crippen LogP contribution in [0.3, 0.4) is 0 Å². The molecule has 0 amide bonds. The molecule has 0 fully saturated rings. The fraction of sp³-hybridized carbons (Fsp3) is 0.308. The van der Waals surface area contributed by atoms with Gasteiger partial charge in [-0.25, -0.2) is 9.48 Å². The Labute approximate surface area is 111 Å². The van der Waals surface area contributed by atoms with Crippen molar-refractivity contribution < 1.29 is 9.53 Å². The smallest absolute Gasteiger partial charge is 0.341 e. The van der Waals surface area contributed by atoms with Crippen molar-refractivity contribution in [3.63, 3.8) is 0 Å². The average molecular weight is 260 g/mol. The van der Waals surface area contributed by atoms with Gasteiger partial charge in [-0.1, -0.05) is 0 Å². The van der Waals surface area contributed by atoms with E-state index in [1.165, 1.54) is 6.20 Å². The van der Waals surface area contributed by atoms with Crippen LogP contribution in [0.1, 0.15) is 24.2 Å². The molecule has 0 atom stereocenters. The Hall–Kier alpha value is -2.37. The minimum atomic E-state index is -0.371. The molecule has 0 radical (unpaired) electrons. The van der Waals surface area contributed by atoms with E-state index in [0.717, 1.165) is 17.9 Å². The van der Waals surface area contributed by atoms with Gasteiger partial charge in [-0.3, -0.25) is 4.98 Å². The summed E-state index contributed by atoms with van der Waals surface area (Å²) in [4.78, 5) is 15.7. The SMILES string of the molecule is CCNc1cncc(-n2cc(C(=O)OCC)cn2)c1. The van der Waals surface area contributed by atoms with Crippen LogP contribution in [0, 0.1) is 0 Å². The molecule has 1 N–H and O–H groups in total. The number of nitrogens with one attached hydrogen (secondary N) is 1. The van der Waals surface area contributed by atoms with Gasteiger partial charge in [0.15, 0.2) is 0 Å². The van der Waals surface area contributed by atoms with Crippen LogP contribution in [0.15, 0.2) is 30.9 Å². The van der Waals surface area contributed by atoms with Crippen molar-refractivity contribution in [1.29, 1.82) is 0 Å². The lowest BCUT2D eigenvalue weighted by molar-refractivity contribution is 0.0526. The highest BCUT2D eigenvalue weighted by molar-refractivity contribution is 5.88. The van der Waals surface area contributed by atoms with Crippen molar-refractivity contribution in [3.05, 3.63) is 36.4 Å². The van der Waals surface area contributed by atoms with Crippen molar-refractivity contribution >= 4 is 11.7 Å². The van der Waals surface area contributed by atoms with E-state index in [1.54, 1.807) is 30.2 Å². The number of anilines is 1. The second-order valence-corrected chi connectivity index (χ2v) is 3.86. The molecule has 0 aliphatic rings. The topological polar surface area (TPSA) is 69.0 Å². The molecule has 0 spiro atoms. The molecule has 19 heavy (non-hydrogen) atoms. The maximum Gasteiger partial charge on any atom is 0.341 e. The maximum atomic E-state index is 11.6. The van der Waals surface area contributed by atoms with Gasteiger partial charge >= 0.3 is 5.97 Å². The molecule has 0 aliphatic heterocycles. The highest BCUT2D eigenvalue weighted by Crippen LogP contribution is 2.13. The quantitative estimate of drug-likeness (QED) is 0.831. The van der Waals surface area contributed by atoms with E-state index in [0.29, 0.717) is 12.2 Å². The molecule has 100 valence electrons. The predicted octanol–water partition coefficient (Wildman–Crippen LogP) is 1.88. The number of carbonyl (C=O) groups excluding carboxylic acids is 1. The van der Waals surface area contributed by atoms with Gasteiger partial charge in [0.25, 0.3) is 0 Å². The summed E-state index contributed by atoms with van der Waals surface area (Å²) in [6, 6.07) is 1.92. The van der Waals surface area contributed by atoms with Crippen molar-refractivity contribution in [2.45, 2.75) is 13.8 Å². The molecule has 0 unspecified atom stereocenters. The van der Waals surface area contributed by atoms with Gasteiger partial charge in [-0.05, 0) is 19.9 Å². The van der Waals surface area contributed by atoms with Gasteiger partial charge in [-0.15, -0.1) is 0 Å². The molecule has 0 saturated carbocycles. The van der Waals surface area contributed by atoms with E-state index in [4.69, 9.17) is 4.74 Å². The van der Waals surface area contributed by atoms with Gasteiger partial charge in [0.1, 0.15) is 0 Å². The number of esters is 1. The third kappa shape index (κ3) is 3.09. The number of hydrogen-bond donors (Lipinski definition) is 1. The van der Waals surface area contributed by atoms with Gasteiger partial charge in [0.05, 0.1) is 42.1 Å². The zero-order valence-electron chi connectivity index (χ0n) is 11.0. The first-order valence-corrected chi connectivity index (χ1v) is 6.15. The Morgan fingerprint density at radius 1 is 1.37 bits per heavy atom. The van der Waals surface area contributed by atoms with Crippen molar-refractivity contribution in [2.24, 2.45) is 0 Å². The van der Waals surface area contributed by atoms with Gasteiger partial charge in [-0.2, -0.15) is 5.10 Å². The fourth-order valence-electron chi connectivity index (χ4n) is 1.64. The van der Waals surface area contributed by atoms with Crippen LogP contribution in [0.25, 0.3) is 5.69 Å². The number of pyridine rings is 1. The molecule has 0 bridgehead atoms. The summed E-state index contributed by atoms with van der Waals surface area (Å²) >= 11 is 0. The first kappa shape index (κ1) is 13.1. The Bertz CT molecular complexity index is 565. The second-order valence-electron chi connectivity index (χ2n) is 3.86. The monoisotopic (exact) mass is 260 g/mol. The third-order valence-electron chi connectivity index (χ3n) is 2.46. The van der Waals surface area contributed by atoms with E-state index in [1.807, 2.05) is 13.0 Å². The van der Waals surface area contributed by atoms with Gasteiger partial charge < -0.3 is 10.1 Å². The average Bonchev–Trinajstić information content (AvgIpc) is 2.89. The van der Waals surface area contributed by atoms with Gasteiger partial charge in [0.2, 0.25) is 0 Å². The molecule has 2 rings (SSSR count). The molecule has 0 aliphatic carbocycles. The normalized spacial score (nSPS) is 10.2. The lowest BCUT2D eigenvalue weighted by Gasteiger charge is -2.05. The molecule has 6 heteroatoms. The summed E-state index contributed by atoms with van der Waals surface area (Å²) in [5, 5.41) is 7.31. The summed E-state index contributed by atoms with van der Waals surface area (Å²) < 4.78 is 6.52. The number of nitrogens with zero attached hydrogens (tertiary/aromatic N) is 3. The summed E-state index contributed by atoms with van der Waals surface area (Å²) in [6.07, 6.45) is 6.54. The minimum Gasteiger partial charge on any atom is -0.462 e. The highest BCUT2D eigenvalue weighted by Gasteiger charge is 2.10. The van der Waals surface area contributed by atoms with E-state index < -0.39 is 0 Å². The summed E-state index contributed by atoms with van der Waals surface area (Å²) in [7, 11) is 0. The third-order valence-corrected chi connectivity index (χ3v) is 2.46. The van der Waals surface area contributed by atoms with Crippen LogP contribution < -0.4 is 5.32 Å². The molecular weight excluding hydrogens is 244 g/mol. The van der Waals surface area contributed by atoms with Crippen LogP contribution in [-0.2, 0) is 4.74 Å². The Morgan fingerprint density at radius 2 is 2.21 bits per heavy atom. The van der Waals surface area contributed by atoms with Crippen LogP contribution in [0.5, 0.6) is 0 Å². The number of ether oxygens (including phenoxy) is 1. The molecule has 2 aromatic rings. The lowest BCUT2D eigenvalue weighted by Crippen LogP contribution is -2.03. The Kier molecular flexibility index (Phi) is 4.12. The van der Waals surface area contributed by atoms with Crippen molar-refractivity contribution in [2.75, 3.05) is 18.5 Å². The summed E-state index contributed by atoms with van der Waals surface area (Å²) in [5.74, 6) is -0.371. The zero-order chi connectivity index (χ0) is 13.7. The largest absolute Gasteiger partial charge is 0.462 e. The zero-order valence-corrected chi connectivity index (χ0v) is 11.0. The number of aromatic nitrogens is 3. The molecule has 0 aromatic carbocycles. The van der Waals surface area contributed by atoms with Crippen LogP contribution in [-0.4, -0.2) is 33.9 Å². The fourth-order valence-corrected chi connectivity index (χ4v) is 1.64. The molecule has 2 aromatic heterocycles. The molecule has 2 heterocycles. The first-order chi connectivity index (χ1) is 9.24. The Balaban J connectivity index is 2.22. The standard InChI is InChI=1S/C13H16N4O2/c1-3-15-11-5-12(8-14-7-11)17-9-10(6-16-17)13(18)19-4-2/h5-9,15H,3-4H2,1-2H3. The van der Waals surface area contributed by atoms with Crippen LogP contribution in [0.4, 0.5) is 5.69 Å². The molecule has 6 nitrogen and oxygen atoms in total. The molecular formula is C13H16N4O2. The minimum absolute atomic E-state index is 0.349. The predicted molar refractivity (Wildman–Crippen MR) is 71.5 cm³/mol. The highest BCUT2D eigenvalue weighted by atomic mass is 16.5. The maximum absolute atomic E-state index is 11.6. The van der Waals surface area contributed by atoms with Crippen LogP contribution >= 0.6 is 0 Å². The summed E-state index contributed by atoms with van der Waals surface area (Å²) in [5.41, 5.74) is 2.12. The number of hydrogen-bond acceptors (Lipinski definition) is 5. The molecule has 0 saturated heterocycles. The first-order valence-electron chi connectivity index (χ1n) is 6.15. The van der Waals surface area contributed by atoms with Gasteiger partial charge in [0, 0.05) is 12.7 Å². The van der Waals surface area contributed by atoms with E-state index in [-0.39, 0.29) is 5.97 Å². The van der Waals surface area contributed by atoms with Crippen molar-refractivity contribution in [1.82, 2.24) is 14.8 Å². The number of carbonyl (C=O) groups is 1. The second kappa shape index (κ2) is 5.99. The van der Waals surface area contributed by atoms with E-state index in [2.05, 4.69) is 15.4 Å². The lowest BCUT2D eigenvalue weighted by atomic mass is 10.3. The van der Waals surface area contributed by atoms with E-state index >= 15 is 0 Å². The number of rotatable bonds is 5.